The minimum absolute atomic E-state index is 0.230. The van der Waals surface area contributed by atoms with E-state index in [0.717, 1.165) is 20.4 Å². The predicted octanol–water partition coefficient (Wildman–Crippen LogP) is 7.31. The third-order valence-corrected chi connectivity index (χ3v) is 7.70. The van der Waals surface area contributed by atoms with E-state index in [1.807, 2.05) is 53.7 Å². The van der Waals surface area contributed by atoms with Crippen molar-refractivity contribution in [3.05, 3.63) is 97.6 Å². The molecule has 14 heteroatoms. The van der Waals surface area contributed by atoms with Gasteiger partial charge >= 0.3 is 23.8 Å². The summed E-state index contributed by atoms with van der Waals surface area (Å²) in [5, 5.41) is 1.39. The maximum atomic E-state index is 11.6. The highest BCUT2D eigenvalue weighted by molar-refractivity contribution is 14.1. The highest BCUT2D eigenvalue weighted by Crippen LogP contribution is 2.41. The maximum Gasteiger partial charge on any atom is 0.337 e. The molecule has 4 aromatic rings. The largest absolute Gasteiger partial charge is 0.465 e. The number of nitrogens with one attached hydrogen (secondary N) is 2. The van der Waals surface area contributed by atoms with Gasteiger partial charge < -0.3 is 24.1 Å². The molecule has 1 aliphatic rings. The van der Waals surface area contributed by atoms with Crippen LogP contribution < -0.4 is 5.23 Å². The molecule has 2 aromatic carbocycles. The zero-order valence-corrected chi connectivity index (χ0v) is 28.8. The molecule has 2 aromatic heterocycles. The minimum atomic E-state index is -0.472. The Morgan fingerprint density at radius 1 is 0.826 bits per heavy atom. The summed E-state index contributed by atoms with van der Waals surface area (Å²) in [5.41, 5.74) is 4.17. The molecule has 1 aliphatic heterocycles. The second kappa shape index (κ2) is 15.0. The van der Waals surface area contributed by atoms with Crippen LogP contribution in [0.5, 0.6) is 0 Å². The minimum Gasteiger partial charge on any atom is -0.465 e. The van der Waals surface area contributed by atoms with Crippen LogP contribution >= 0.6 is 22.6 Å². The Balaban J connectivity index is 0.000000204. The number of anilines is 1. The van der Waals surface area contributed by atoms with Crippen LogP contribution in [-0.2, 0) is 19.1 Å². The summed E-state index contributed by atoms with van der Waals surface area (Å²) in [6.45, 7) is 25.1. The van der Waals surface area contributed by atoms with Gasteiger partial charge in [-0.15, -0.1) is 18.4 Å². The normalized spacial score (nSPS) is 14.0. The SMILES string of the molecule is COC(=O)c1ccc(C)c(N2OC(C)(C)C(C)(C)O2)c1.[C-]#[N+]c1ncc(-c2cc(C(=O)OC)ccc2C)[nH]1.[C-]#[N+]c1ncc(I)[nH]1. The Morgan fingerprint density at radius 3 is 1.78 bits per heavy atom. The molecule has 5 rings (SSSR count). The Bertz CT molecular complexity index is 1780. The molecule has 0 bridgehead atoms. The van der Waals surface area contributed by atoms with Gasteiger partial charge in [-0.25, -0.2) is 19.3 Å². The standard InChI is InChI=1S/C15H21NO4.C13H11N3O2.C4H2IN3/c1-10-7-8-11(13(17)18-6)9-12(10)16-19-14(2,3)15(4,5)20-16;1-8-4-5-9(12(17)18-3)6-10(8)11-7-15-13(14-2)16-11;1-6-4-7-2-3(5)8-4/h7-9H,1-6H3;4-7H,1,3H3,(H,15,16);2H,(H,7,8). The number of aryl methyl sites for hydroxylation is 2. The average Bonchev–Trinajstić information content (AvgIpc) is 3.74. The van der Waals surface area contributed by atoms with E-state index in [1.165, 1.54) is 19.4 Å². The first kappa shape index (κ1) is 35.7. The molecule has 240 valence electrons. The zero-order chi connectivity index (χ0) is 34.2. The molecule has 0 atom stereocenters. The van der Waals surface area contributed by atoms with Crippen LogP contribution in [-0.4, -0.2) is 57.3 Å². The number of halogens is 1. The summed E-state index contributed by atoms with van der Waals surface area (Å²) < 4.78 is 10.3. The zero-order valence-electron chi connectivity index (χ0n) is 26.7. The predicted molar refractivity (Wildman–Crippen MR) is 179 cm³/mol. The average molecular weight is 740 g/mol. The van der Waals surface area contributed by atoms with Crippen molar-refractivity contribution in [2.75, 3.05) is 19.4 Å². The highest BCUT2D eigenvalue weighted by atomic mass is 127. The van der Waals surface area contributed by atoms with Crippen molar-refractivity contribution in [2.24, 2.45) is 0 Å². The van der Waals surface area contributed by atoms with Crippen LogP contribution in [0.3, 0.4) is 0 Å². The number of nitrogens with zero attached hydrogens (tertiary/aromatic N) is 5. The van der Waals surface area contributed by atoms with Gasteiger partial charge in [0.25, 0.3) is 0 Å². The second-order valence-corrected chi connectivity index (χ2v) is 12.0. The number of aromatic nitrogens is 4. The van der Waals surface area contributed by atoms with Crippen LogP contribution in [0.15, 0.2) is 48.8 Å². The number of imidazole rings is 2. The third kappa shape index (κ3) is 8.48. The lowest BCUT2D eigenvalue weighted by molar-refractivity contribution is -0.0275. The van der Waals surface area contributed by atoms with Crippen LogP contribution in [0, 0.1) is 30.7 Å². The van der Waals surface area contributed by atoms with Gasteiger partial charge in [0, 0.05) is 5.56 Å². The van der Waals surface area contributed by atoms with Crippen molar-refractivity contribution in [2.45, 2.75) is 52.7 Å². The lowest BCUT2D eigenvalue weighted by Gasteiger charge is -2.26. The Labute approximate surface area is 280 Å². The highest BCUT2D eigenvalue weighted by Gasteiger charge is 2.50. The van der Waals surface area contributed by atoms with E-state index in [-0.39, 0.29) is 17.9 Å². The number of hydrogen-bond acceptors (Lipinski definition) is 9. The van der Waals surface area contributed by atoms with Gasteiger partial charge in [0.05, 0.1) is 31.0 Å². The summed E-state index contributed by atoms with van der Waals surface area (Å²) in [5.74, 6) is -0.188. The van der Waals surface area contributed by atoms with E-state index >= 15 is 0 Å². The molecule has 0 radical (unpaired) electrons. The Morgan fingerprint density at radius 2 is 1.33 bits per heavy atom. The summed E-state index contributed by atoms with van der Waals surface area (Å²) >= 11 is 2.06. The number of carbonyl (C=O) groups excluding carboxylic acids is 2. The molecule has 0 unspecified atom stereocenters. The van der Waals surface area contributed by atoms with Crippen LogP contribution in [0.2, 0.25) is 0 Å². The number of H-pyrrole nitrogens is 2. The number of esters is 2. The van der Waals surface area contributed by atoms with E-state index in [2.05, 4.69) is 57.0 Å². The molecule has 2 N–H and O–H groups in total. The molecule has 0 amide bonds. The van der Waals surface area contributed by atoms with E-state index in [9.17, 15) is 9.59 Å². The van der Waals surface area contributed by atoms with E-state index in [1.54, 1.807) is 36.7 Å². The van der Waals surface area contributed by atoms with E-state index in [4.69, 9.17) is 27.6 Å². The van der Waals surface area contributed by atoms with Crippen molar-refractivity contribution in [3.8, 4) is 11.3 Å². The Kier molecular flexibility index (Phi) is 11.6. The topological polar surface area (TPSA) is 140 Å². The van der Waals surface area contributed by atoms with Gasteiger partial charge in [-0.05, 0) is 99.5 Å². The summed E-state index contributed by atoms with van der Waals surface area (Å²) in [6, 6.07) is 10.5. The summed E-state index contributed by atoms with van der Waals surface area (Å²) in [6.07, 6.45) is 3.20. The van der Waals surface area contributed by atoms with Gasteiger partial charge in [-0.3, -0.25) is 4.98 Å². The van der Waals surface area contributed by atoms with Crippen molar-refractivity contribution in [1.82, 2.24) is 19.9 Å². The monoisotopic (exact) mass is 739 g/mol. The van der Waals surface area contributed by atoms with E-state index in [0.29, 0.717) is 28.5 Å². The fraction of sp³-hybridized carbons (Fsp3) is 0.312. The van der Waals surface area contributed by atoms with E-state index < -0.39 is 11.2 Å². The third-order valence-electron chi connectivity index (χ3n) is 7.15. The quantitative estimate of drug-likeness (QED) is 0.125. The molecular formula is C32H34IN7O6. The maximum absolute atomic E-state index is 11.6. The molecule has 3 heterocycles. The molecule has 13 nitrogen and oxygen atoms in total. The summed E-state index contributed by atoms with van der Waals surface area (Å²) in [4.78, 5) is 54.4. The van der Waals surface area contributed by atoms with Gasteiger partial charge in [0.15, 0.2) is 3.70 Å². The van der Waals surface area contributed by atoms with Gasteiger partial charge in [-0.2, -0.15) is 9.97 Å². The molecule has 1 saturated heterocycles. The van der Waals surface area contributed by atoms with Gasteiger partial charge in [0.1, 0.15) is 29.3 Å². The van der Waals surface area contributed by atoms with Crippen LogP contribution in [0.1, 0.15) is 59.5 Å². The number of carbonyl (C=O) groups is 2. The molecule has 0 saturated carbocycles. The second-order valence-electron chi connectivity index (χ2n) is 10.9. The molecule has 46 heavy (non-hydrogen) atoms. The van der Waals surface area contributed by atoms with Crippen molar-refractivity contribution in [3.63, 3.8) is 0 Å². The summed E-state index contributed by atoms with van der Waals surface area (Å²) in [7, 11) is 2.70. The first-order chi connectivity index (χ1) is 21.7. The number of aromatic amines is 2. The van der Waals surface area contributed by atoms with Crippen molar-refractivity contribution >= 4 is 52.1 Å². The fourth-order valence-corrected chi connectivity index (χ4v) is 4.19. The number of ether oxygens (including phenoxy) is 2. The molecular weight excluding hydrogens is 705 g/mol. The Hall–Kier alpha value is -4.77. The van der Waals surface area contributed by atoms with Crippen molar-refractivity contribution in [1.29, 1.82) is 0 Å². The van der Waals surface area contributed by atoms with Gasteiger partial charge in [-0.1, -0.05) is 12.1 Å². The first-order valence-electron chi connectivity index (χ1n) is 13.7. The lowest BCUT2D eigenvalue weighted by atomic mass is 9.90. The smallest absolute Gasteiger partial charge is 0.337 e. The van der Waals surface area contributed by atoms with Crippen LogP contribution in [0.25, 0.3) is 20.9 Å². The van der Waals surface area contributed by atoms with Crippen LogP contribution in [0.4, 0.5) is 17.6 Å². The number of methoxy groups -OCH3 is 2. The van der Waals surface area contributed by atoms with Gasteiger partial charge in [0.2, 0.25) is 0 Å². The fourth-order valence-electron chi connectivity index (χ4n) is 3.81. The molecule has 0 spiro atoms. The first-order valence-corrected chi connectivity index (χ1v) is 14.8. The lowest BCUT2D eigenvalue weighted by Crippen LogP contribution is -2.41. The number of hydrogen-bond donors (Lipinski definition) is 2. The molecule has 0 aliphatic carbocycles. The number of rotatable bonds is 4. The number of benzene rings is 2. The van der Waals surface area contributed by atoms with Crippen molar-refractivity contribution < 1.29 is 28.7 Å². The molecule has 1 fully saturated rings.